The van der Waals surface area contributed by atoms with E-state index in [9.17, 15) is 4.79 Å². The minimum Gasteiger partial charge on any atom is -0.495 e. The van der Waals surface area contributed by atoms with E-state index in [2.05, 4.69) is 34.9 Å². The lowest BCUT2D eigenvalue weighted by Crippen LogP contribution is -2.39. The van der Waals surface area contributed by atoms with Crippen molar-refractivity contribution in [3.8, 4) is 5.75 Å². The molecule has 0 aliphatic heterocycles. The zero-order valence-electron chi connectivity index (χ0n) is 15.0. The third kappa shape index (κ3) is 4.53. The number of methoxy groups -OCH3 is 1. The molecule has 1 unspecified atom stereocenters. The Kier molecular flexibility index (Phi) is 5.59. The summed E-state index contributed by atoms with van der Waals surface area (Å²) in [6.07, 6.45) is 3.44. The molecule has 4 heteroatoms. The fraction of sp³-hybridized carbons (Fsp3) is 0.381. The average Bonchev–Trinajstić information content (AvgIpc) is 2.62. The molecule has 0 aromatic heterocycles. The number of ether oxygens (including phenoxy) is 1. The smallest absolute Gasteiger partial charge is 0.221 e. The molecule has 1 atom stereocenters. The quantitative estimate of drug-likeness (QED) is 0.848. The Morgan fingerprint density at radius 2 is 2.00 bits per heavy atom. The van der Waals surface area contributed by atoms with Crippen LogP contribution in [0.2, 0.25) is 0 Å². The summed E-state index contributed by atoms with van der Waals surface area (Å²) in [5, 5.41) is 6.48. The lowest BCUT2D eigenvalue weighted by Gasteiger charge is -2.25. The molecule has 2 aromatic rings. The van der Waals surface area contributed by atoms with Crippen LogP contribution in [0.5, 0.6) is 5.75 Å². The minimum atomic E-state index is 0.100. The number of amides is 1. The van der Waals surface area contributed by atoms with Gasteiger partial charge in [0.15, 0.2) is 0 Å². The fourth-order valence-corrected chi connectivity index (χ4v) is 3.39. The molecule has 0 saturated carbocycles. The van der Waals surface area contributed by atoms with E-state index in [1.165, 1.54) is 11.1 Å². The van der Waals surface area contributed by atoms with Crippen LogP contribution in [0.3, 0.4) is 0 Å². The van der Waals surface area contributed by atoms with Gasteiger partial charge in [0.1, 0.15) is 5.75 Å². The zero-order chi connectivity index (χ0) is 17.6. The highest BCUT2D eigenvalue weighted by Crippen LogP contribution is 2.25. The summed E-state index contributed by atoms with van der Waals surface area (Å²) in [5.41, 5.74) is 4.87. The van der Waals surface area contributed by atoms with Gasteiger partial charge < -0.3 is 15.4 Å². The number of benzene rings is 2. The number of fused-ring (bicyclic) bond motifs is 1. The Hall–Kier alpha value is -2.49. The van der Waals surface area contributed by atoms with E-state index in [1.807, 2.05) is 25.1 Å². The van der Waals surface area contributed by atoms with E-state index < -0.39 is 0 Å². The highest BCUT2D eigenvalue weighted by atomic mass is 16.5. The van der Waals surface area contributed by atoms with E-state index >= 15 is 0 Å². The maximum absolute atomic E-state index is 12.3. The van der Waals surface area contributed by atoms with E-state index in [4.69, 9.17) is 4.74 Å². The molecular formula is C21H26N2O2. The van der Waals surface area contributed by atoms with Gasteiger partial charge in [0.2, 0.25) is 5.91 Å². The molecule has 2 N–H and O–H groups in total. The molecular weight excluding hydrogens is 312 g/mol. The van der Waals surface area contributed by atoms with Crippen molar-refractivity contribution in [2.75, 3.05) is 19.0 Å². The van der Waals surface area contributed by atoms with Gasteiger partial charge in [-0.05, 0) is 55.0 Å². The first-order valence-electron chi connectivity index (χ1n) is 8.90. The van der Waals surface area contributed by atoms with Crippen LogP contribution in [-0.2, 0) is 17.6 Å². The van der Waals surface area contributed by atoms with Crippen molar-refractivity contribution in [2.45, 2.75) is 38.6 Å². The number of anilines is 1. The SMILES string of the molecule is COc1ccc(C)cc1NCCC(=O)NC1CCc2ccccc2C1. The van der Waals surface area contributed by atoms with Gasteiger partial charge in [-0.1, -0.05) is 30.3 Å². The summed E-state index contributed by atoms with van der Waals surface area (Å²) >= 11 is 0. The highest BCUT2D eigenvalue weighted by molar-refractivity contribution is 5.77. The van der Waals surface area contributed by atoms with Crippen LogP contribution in [0.1, 0.15) is 29.5 Å². The van der Waals surface area contributed by atoms with Gasteiger partial charge in [0, 0.05) is 19.0 Å². The second kappa shape index (κ2) is 8.06. The summed E-state index contributed by atoms with van der Waals surface area (Å²) in [5.74, 6) is 0.901. The predicted octanol–water partition coefficient (Wildman–Crippen LogP) is 3.48. The van der Waals surface area contributed by atoms with Crippen molar-refractivity contribution in [3.63, 3.8) is 0 Å². The molecule has 25 heavy (non-hydrogen) atoms. The lowest BCUT2D eigenvalue weighted by molar-refractivity contribution is -0.121. The van der Waals surface area contributed by atoms with Gasteiger partial charge in [-0.25, -0.2) is 0 Å². The topological polar surface area (TPSA) is 50.4 Å². The monoisotopic (exact) mass is 338 g/mol. The summed E-state index contributed by atoms with van der Waals surface area (Å²) in [4.78, 5) is 12.3. The van der Waals surface area contributed by atoms with Crippen molar-refractivity contribution in [1.82, 2.24) is 5.32 Å². The molecule has 1 aliphatic carbocycles. The van der Waals surface area contributed by atoms with Crippen LogP contribution in [0.4, 0.5) is 5.69 Å². The van der Waals surface area contributed by atoms with Crippen molar-refractivity contribution < 1.29 is 9.53 Å². The van der Waals surface area contributed by atoms with E-state index in [-0.39, 0.29) is 11.9 Å². The van der Waals surface area contributed by atoms with Gasteiger partial charge in [-0.3, -0.25) is 4.79 Å². The molecule has 0 spiro atoms. The standard InChI is InChI=1S/C21H26N2O2/c1-15-7-10-20(25-2)19(13-15)22-12-11-21(24)23-18-9-8-16-5-3-4-6-17(16)14-18/h3-7,10,13,18,22H,8-9,11-12,14H2,1-2H3,(H,23,24). The number of hydrogen-bond donors (Lipinski definition) is 2. The summed E-state index contributed by atoms with van der Waals surface area (Å²) < 4.78 is 5.35. The molecule has 0 bridgehead atoms. The maximum atomic E-state index is 12.3. The fourth-order valence-electron chi connectivity index (χ4n) is 3.39. The number of carbonyl (C=O) groups is 1. The second-order valence-corrected chi connectivity index (χ2v) is 6.66. The number of rotatable bonds is 6. The van der Waals surface area contributed by atoms with Crippen LogP contribution < -0.4 is 15.4 Å². The largest absolute Gasteiger partial charge is 0.495 e. The molecule has 0 fully saturated rings. The number of carbonyl (C=O) groups excluding carboxylic acids is 1. The normalized spacial score (nSPS) is 16.0. The summed E-state index contributed by atoms with van der Waals surface area (Å²) in [6.45, 7) is 2.63. The molecule has 2 aromatic carbocycles. The van der Waals surface area contributed by atoms with Gasteiger partial charge in [-0.15, -0.1) is 0 Å². The van der Waals surface area contributed by atoms with Gasteiger partial charge in [-0.2, -0.15) is 0 Å². The van der Waals surface area contributed by atoms with Gasteiger partial charge in [0.05, 0.1) is 12.8 Å². The third-order valence-electron chi connectivity index (χ3n) is 4.73. The zero-order valence-corrected chi connectivity index (χ0v) is 15.0. The molecule has 0 heterocycles. The molecule has 4 nitrogen and oxygen atoms in total. The molecule has 0 saturated heterocycles. The van der Waals surface area contributed by atoms with Gasteiger partial charge in [0.25, 0.3) is 0 Å². The Balaban J connectivity index is 1.47. The molecule has 1 amide bonds. The predicted molar refractivity (Wildman–Crippen MR) is 101 cm³/mol. The van der Waals surface area contributed by atoms with Crippen molar-refractivity contribution >= 4 is 11.6 Å². The molecule has 1 aliphatic rings. The van der Waals surface area contributed by atoms with Crippen LogP contribution >= 0.6 is 0 Å². The van der Waals surface area contributed by atoms with E-state index in [0.717, 1.165) is 36.3 Å². The van der Waals surface area contributed by atoms with Gasteiger partial charge >= 0.3 is 0 Å². The Labute approximate surface area is 149 Å². The summed E-state index contributed by atoms with van der Waals surface area (Å²) in [7, 11) is 1.66. The number of nitrogens with one attached hydrogen (secondary N) is 2. The molecule has 3 rings (SSSR count). The maximum Gasteiger partial charge on any atom is 0.221 e. The average molecular weight is 338 g/mol. The Morgan fingerprint density at radius 3 is 2.80 bits per heavy atom. The third-order valence-corrected chi connectivity index (χ3v) is 4.73. The summed E-state index contributed by atoms with van der Waals surface area (Å²) in [6, 6.07) is 14.7. The Morgan fingerprint density at radius 1 is 1.20 bits per heavy atom. The van der Waals surface area contributed by atoms with Crippen molar-refractivity contribution in [2.24, 2.45) is 0 Å². The first-order chi connectivity index (χ1) is 12.2. The van der Waals surface area contributed by atoms with Crippen LogP contribution in [-0.4, -0.2) is 25.6 Å². The van der Waals surface area contributed by atoms with E-state index in [1.54, 1.807) is 7.11 Å². The van der Waals surface area contributed by atoms with Crippen LogP contribution in [0.15, 0.2) is 42.5 Å². The number of aryl methyl sites for hydroxylation is 2. The first kappa shape index (κ1) is 17.3. The van der Waals surface area contributed by atoms with Crippen molar-refractivity contribution in [3.05, 3.63) is 59.2 Å². The van der Waals surface area contributed by atoms with Crippen LogP contribution in [0, 0.1) is 6.92 Å². The lowest BCUT2D eigenvalue weighted by atomic mass is 9.88. The highest BCUT2D eigenvalue weighted by Gasteiger charge is 2.19. The molecule has 132 valence electrons. The minimum absolute atomic E-state index is 0.100. The number of hydrogen-bond acceptors (Lipinski definition) is 3. The first-order valence-corrected chi connectivity index (χ1v) is 8.90. The molecule has 0 radical (unpaired) electrons. The van der Waals surface area contributed by atoms with E-state index in [0.29, 0.717) is 13.0 Å². The Bertz CT molecular complexity index is 742. The second-order valence-electron chi connectivity index (χ2n) is 6.66. The van der Waals surface area contributed by atoms with Crippen molar-refractivity contribution in [1.29, 1.82) is 0 Å². The van der Waals surface area contributed by atoms with Crippen LogP contribution in [0.25, 0.3) is 0 Å².